The lowest BCUT2D eigenvalue weighted by Gasteiger charge is -2.34. The van der Waals surface area contributed by atoms with Crippen LogP contribution < -0.4 is 10.1 Å². The average Bonchev–Trinajstić information content (AvgIpc) is 2.65. The van der Waals surface area contributed by atoms with Crippen LogP contribution in [0.1, 0.15) is 12.5 Å². The molecule has 1 N–H and O–H groups in total. The molecule has 1 saturated heterocycles. The Hall–Kier alpha value is -1.93. The smallest absolute Gasteiger partial charge is 0.387 e. The van der Waals surface area contributed by atoms with Crippen molar-refractivity contribution >= 4 is 5.96 Å². The Bertz CT molecular complexity index is 603. The van der Waals surface area contributed by atoms with Crippen molar-refractivity contribution in [2.75, 3.05) is 60.4 Å². The van der Waals surface area contributed by atoms with Crippen molar-refractivity contribution in [1.29, 1.82) is 0 Å². The predicted molar refractivity (Wildman–Crippen MR) is 109 cm³/mol. The van der Waals surface area contributed by atoms with Gasteiger partial charge in [-0.05, 0) is 30.7 Å². The van der Waals surface area contributed by atoms with E-state index in [1.165, 1.54) is 0 Å². The topological polar surface area (TPSA) is 43.3 Å². The number of ether oxygens (including phenoxy) is 1. The Balaban J connectivity index is 1.77. The number of aliphatic imine (C=N–C) groups is 1. The zero-order chi connectivity index (χ0) is 20.5. The number of nitrogens with zero attached hydrogens (tertiary/aromatic N) is 4. The molecule has 8 heteroatoms. The molecule has 1 aliphatic heterocycles. The van der Waals surface area contributed by atoms with Gasteiger partial charge in [0.25, 0.3) is 0 Å². The molecular weight excluding hydrogens is 364 g/mol. The van der Waals surface area contributed by atoms with Crippen LogP contribution in [0.2, 0.25) is 0 Å². The Labute approximate surface area is 167 Å². The van der Waals surface area contributed by atoms with E-state index in [0.29, 0.717) is 12.5 Å². The number of alkyl halides is 2. The first-order chi connectivity index (χ1) is 13.4. The summed E-state index contributed by atoms with van der Waals surface area (Å²) in [6.45, 7) is 6.52. The van der Waals surface area contributed by atoms with E-state index in [0.717, 1.165) is 50.8 Å². The number of hydrogen-bond donors (Lipinski definition) is 1. The Morgan fingerprint density at radius 3 is 2.43 bits per heavy atom. The molecule has 1 fully saturated rings. The molecule has 0 radical (unpaired) electrons. The molecule has 0 saturated carbocycles. The molecule has 1 heterocycles. The number of rotatable bonds is 8. The largest absolute Gasteiger partial charge is 0.435 e. The van der Waals surface area contributed by atoms with Crippen LogP contribution in [0, 0.1) is 5.92 Å². The molecule has 6 nitrogen and oxygen atoms in total. The summed E-state index contributed by atoms with van der Waals surface area (Å²) in [6, 6.07) is 6.70. The van der Waals surface area contributed by atoms with Crippen LogP contribution in [0.25, 0.3) is 0 Å². The maximum absolute atomic E-state index is 12.2. The Morgan fingerprint density at radius 1 is 1.21 bits per heavy atom. The van der Waals surface area contributed by atoms with Crippen molar-refractivity contribution in [1.82, 2.24) is 20.0 Å². The second-order valence-corrected chi connectivity index (χ2v) is 7.52. The summed E-state index contributed by atoms with van der Waals surface area (Å²) in [5, 5.41) is 3.44. The normalized spacial score (nSPS) is 17.6. The Kier molecular flexibility index (Phi) is 8.92. The fraction of sp³-hybridized carbons (Fsp3) is 0.650. The van der Waals surface area contributed by atoms with Gasteiger partial charge in [0.1, 0.15) is 5.75 Å². The van der Waals surface area contributed by atoms with Crippen molar-refractivity contribution in [2.24, 2.45) is 10.9 Å². The average molecular weight is 398 g/mol. The van der Waals surface area contributed by atoms with Crippen LogP contribution in [0.15, 0.2) is 29.3 Å². The van der Waals surface area contributed by atoms with Crippen molar-refractivity contribution in [3.63, 3.8) is 0 Å². The maximum Gasteiger partial charge on any atom is 0.387 e. The highest BCUT2D eigenvalue weighted by Gasteiger charge is 2.16. The summed E-state index contributed by atoms with van der Waals surface area (Å²) in [5.74, 6) is 1.50. The standard InChI is InChI=1S/C20H33F2N5O/c1-16(14-27-11-9-25(3)10-12-27)13-24-20(23-2)26(4)15-17-5-7-18(8-6-17)28-19(21)22/h5-8,16,19H,9-15H2,1-4H3,(H,23,24). The van der Waals surface area contributed by atoms with Gasteiger partial charge in [-0.25, -0.2) is 0 Å². The second kappa shape index (κ2) is 11.2. The quantitative estimate of drug-likeness (QED) is 0.538. The summed E-state index contributed by atoms with van der Waals surface area (Å²) in [7, 11) is 5.90. The zero-order valence-corrected chi connectivity index (χ0v) is 17.4. The number of guanidine groups is 1. The van der Waals surface area contributed by atoms with E-state index in [1.54, 1.807) is 31.3 Å². The highest BCUT2D eigenvalue weighted by molar-refractivity contribution is 5.79. The van der Waals surface area contributed by atoms with Crippen LogP contribution in [0.3, 0.4) is 0 Å². The fourth-order valence-electron chi connectivity index (χ4n) is 3.31. The number of likely N-dealkylation sites (N-methyl/N-ethyl adjacent to an activating group) is 1. The van der Waals surface area contributed by atoms with Gasteiger partial charge in [0, 0.05) is 59.9 Å². The van der Waals surface area contributed by atoms with Crippen LogP contribution in [-0.2, 0) is 6.54 Å². The van der Waals surface area contributed by atoms with Gasteiger partial charge in [-0.3, -0.25) is 4.99 Å². The Morgan fingerprint density at radius 2 is 1.86 bits per heavy atom. The van der Waals surface area contributed by atoms with E-state index >= 15 is 0 Å². The lowest BCUT2D eigenvalue weighted by atomic mass is 10.1. The molecule has 0 spiro atoms. The summed E-state index contributed by atoms with van der Waals surface area (Å²) < 4.78 is 28.9. The van der Waals surface area contributed by atoms with Crippen LogP contribution in [0.4, 0.5) is 8.78 Å². The molecule has 28 heavy (non-hydrogen) atoms. The third kappa shape index (κ3) is 7.59. The van der Waals surface area contributed by atoms with Gasteiger partial charge in [-0.15, -0.1) is 0 Å². The summed E-state index contributed by atoms with van der Waals surface area (Å²) >= 11 is 0. The fourth-order valence-corrected chi connectivity index (χ4v) is 3.31. The van der Waals surface area contributed by atoms with Gasteiger partial charge in [0.2, 0.25) is 0 Å². The molecule has 0 amide bonds. The van der Waals surface area contributed by atoms with Gasteiger partial charge < -0.3 is 24.8 Å². The van der Waals surface area contributed by atoms with Gasteiger partial charge in [0.15, 0.2) is 5.96 Å². The molecule has 2 rings (SSSR count). The van der Waals surface area contributed by atoms with Crippen molar-refractivity contribution < 1.29 is 13.5 Å². The molecular formula is C20H33F2N5O. The first-order valence-electron chi connectivity index (χ1n) is 9.73. The molecule has 158 valence electrons. The number of piperazine rings is 1. The molecule has 1 aliphatic rings. The second-order valence-electron chi connectivity index (χ2n) is 7.52. The van der Waals surface area contributed by atoms with Crippen molar-refractivity contribution in [3.05, 3.63) is 29.8 Å². The highest BCUT2D eigenvalue weighted by atomic mass is 19.3. The summed E-state index contributed by atoms with van der Waals surface area (Å²) in [6.07, 6.45) is 0. The highest BCUT2D eigenvalue weighted by Crippen LogP contribution is 2.15. The molecule has 0 aromatic heterocycles. The SMILES string of the molecule is CN=C(NCC(C)CN1CCN(C)CC1)N(C)Cc1ccc(OC(F)F)cc1. The van der Waals surface area contributed by atoms with E-state index in [4.69, 9.17) is 0 Å². The number of halogens is 2. The molecule has 0 bridgehead atoms. The zero-order valence-electron chi connectivity index (χ0n) is 17.4. The predicted octanol–water partition coefficient (Wildman–Crippen LogP) is 2.18. The maximum atomic E-state index is 12.2. The number of benzene rings is 1. The minimum atomic E-state index is -2.80. The summed E-state index contributed by atoms with van der Waals surface area (Å²) in [4.78, 5) is 11.3. The summed E-state index contributed by atoms with van der Waals surface area (Å²) in [5.41, 5.74) is 0.998. The first-order valence-corrected chi connectivity index (χ1v) is 9.73. The van der Waals surface area contributed by atoms with Crippen LogP contribution >= 0.6 is 0 Å². The molecule has 1 atom stereocenters. The monoisotopic (exact) mass is 397 g/mol. The lowest BCUT2D eigenvalue weighted by Crippen LogP contribution is -2.47. The van der Waals surface area contributed by atoms with E-state index in [9.17, 15) is 8.78 Å². The van der Waals surface area contributed by atoms with E-state index in [-0.39, 0.29) is 5.75 Å². The first kappa shape index (κ1) is 22.4. The molecule has 1 aromatic rings. The van der Waals surface area contributed by atoms with Crippen LogP contribution in [0.5, 0.6) is 5.75 Å². The van der Waals surface area contributed by atoms with E-state index in [1.807, 2.05) is 11.9 Å². The third-order valence-electron chi connectivity index (χ3n) is 4.92. The third-order valence-corrected chi connectivity index (χ3v) is 4.92. The molecule has 1 unspecified atom stereocenters. The van der Waals surface area contributed by atoms with Crippen molar-refractivity contribution in [3.8, 4) is 5.75 Å². The van der Waals surface area contributed by atoms with Gasteiger partial charge in [-0.1, -0.05) is 19.1 Å². The number of nitrogens with one attached hydrogen (secondary N) is 1. The minimum Gasteiger partial charge on any atom is -0.435 e. The number of hydrogen-bond acceptors (Lipinski definition) is 4. The van der Waals surface area contributed by atoms with E-state index in [2.05, 4.69) is 38.8 Å². The van der Waals surface area contributed by atoms with E-state index < -0.39 is 6.61 Å². The van der Waals surface area contributed by atoms with Gasteiger partial charge in [0.05, 0.1) is 0 Å². The minimum absolute atomic E-state index is 0.168. The molecule has 1 aromatic carbocycles. The van der Waals surface area contributed by atoms with Crippen molar-refractivity contribution in [2.45, 2.75) is 20.1 Å². The molecule has 0 aliphatic carbocycles. The lowest BCUT2D eigenvalue weighted by molar-refractivity contribution is -0.0498. The van der Waals surface area contributed by atoms with Gasteiger partial charge in [-0.2, -0.15) is 8.78 Å². The van der Waals surface area contributed by atoms with Gasteiger partial charge >= 0.3 is 6.61 Å². The van der Waals surface area contributed by atoms with Crippen LogP contribution in [-0.4, -0.2) is 87.7 Å².